The van der Waals surface area contributed by atoms with Crippen molar-refractivity contribution >= 4 is 27.3 Å². The zero-order chi connectivity index (χ0) is 19.6. The molecule has 2 aromatic carbocycles. The number of hydrogen-bond acceptors (Lipinski definition) is 4. The molecule has 0 unspecified atom stereocenters. The van der Waals surface area contributed by atoms with Crippen LogP contribution in [0.5, 0.6) is 0 Å². The van der Waals surface area contributed by atoms with Crippen molar-refractivity contribution < 1.29 is 8.42 Å². The lowest BCUT2D eigenvalue weighted by Gasteiger charge is -2.32. The Balaban J connectivity index is 1.96. The predicted molar refractivity (Wildman–Crippen MR) is 108 cm³/mol. The maximum Gasteiger partial charge on any atom is 0.211 e. The lowest BCUT2D eigenvalue weighted by molar-refractivity contribution is 0.473. The van der Waals surface area contributed by atoms with Crippen LogP contribution in [0.3, 0.4) is 0 Å². The number of anilines is 1. The molecule has 1 atom stereocenters. The van der Waals surface area contributed by atoms with Crippen LogP contribution in [0.15, 0.2) is 42.5 Å². The number of rotatable bonds is 5. The monoisotopic (exact) mass is 403 g/mol. The van der Waals surface area contributed by atoms with Gasteiger partial charge in [0.15, 0.2) is 0 Å². The molecule has 3 rings (SSSR count). The number of nitriles is 1. The fourth-order valence-corrected chi connectivity index (χ4v) is 4.54. The van der Waals surface area contributed by atoms with Gasteiger partial charge in [-0.25, -0.2) is 12.7 Å². The molecule has 0 spiro atoms. The van der Waals surface area contributed by atoms with Crippen molar-refractivity contribution in [3.63, 3.8) is 0 Å². The summed E-state index contributed by atoms with van der Waals surface area (Å²) in [6, 6.07) is 15.7. The minimum absolute atomic E-state index is 0.0448. The quantitative estimate of drug-likeness (QED) is 0.765. The second kappa shape index (κ2) is 7.89. The standard InChI is InChI=1S/C20H22ClN3O2S/c1-15-5-3-4-6-17(15)13-24(18-8-7-16(12-22)20(21)11-18)19-9-10-23(14-19)27(2,25)26/h3-8,11,19H,9-10,13-14H2,1-2H3/t19-/m0/s1. The van der Waals surface area contributed by atoms with Crippen LogP contribution in [-0.2, 0) is 16.6 Å². The molecule has 0 radical (unpaired) electrons. The van der Waals surface area contributed by atoms with Gasteiger partial charge in [0.1, 0.15) is 6.07 Å². The number of halogens is 1. The SMILES string of the molecule is Cc1ccccc1CN(c1ccc(C#N)c(Cl)c1)[C@H]1CCN(S(C)(=O)=O)C1. The zero-order valence-electron chi connectivity index (χ0n) is 15.4. The van der Waals surface area contributed by atoms with Gasteiger partial charge in [-0.3, -0.25) is 0 Å². The lowest BCUT2D eigenvalue weighted by atomic mass is 10.1. The van der Waals surface area contributed by atoms with Crippen molar-refractivity contribution in [3.05, 3.63) is 64.2 Å². The lowest BCUT2D eigenvalue weighted by Crippen LogP contribution is -2.38. The highest BCUT2D eigenvalue weighted by Gasteiger charge is 2.32. The first-order valence-corrected chi connectivity index (χ1v) is 11.0. The van der Waals surface area contributed by atoms with Crippen LogP contribution < -0.4 is 4.90 Å². The molecule has 0 saturated carbocycles. The van der Waals surface area contributed by atoms with Gasteiger partial charge in [-0.05, 0) is 42.7 Å². The molecule has 1 saturated heterocycles. The topological polar surface area (TPSA) is 64.4 Å². The van der Waals surface area contributed by atoms with Crippen molar-refractivity contribution in [1.82, 2.24) is 4.31 Å². The summed E-state index contributed by atoms with van der Waals surface area (Å²) in [6.45, 7) is 3.67. The number of aryl methyl sites for hydroxylation is 1. The highest BCUT2D eigenvalue weighted by atomic mass is 35.5. The summed E-state index contributed by atoms with van der Waals surface area (Å²) < 4.78 is 25.4. The predicted octanol–water partition coefficient (Wildman–Crippen LogP) is 3.56. The molecule has 0 amide bonds. The van der Waals surface area contributed by atoms with E-state index in [0.717, 1.165) is 12.1 Å². The van der Waals surface area contributed by atoms with Gasteiger partial charge >= 0.3 is 0 Å². The molecule has 1 aliphatic rings. The maximum atomic E-state index is 11.9. The van der Waals surface area contributed by atoms with E-state index in [0.29, 0.717) is 30.2 Å². The molecule has 27 heavy (non-hydrogen) atoms. The Morgan fingerprint density at radius 3 is 2.63 bits per heavy atom. The van der Waals surface area contributed by atoms with Crippen LogP contribution >= 0.6 is 11.6 Å². The Bertz CT molecular complexity index is 985. The summed E-state index contributed by atoms with van der Waals surface area (Å²) >= 11 is 6.26. The first-order valence-electron chi connectivity index (χ1n) is 8.75. The number of nitrogens with zero attached hydrogens (tertiary/aromatic N) is 3. The van der Waals surface area contributed by atoms with Crippen molar-refractivity contribution in [1.29, 1.82) is 5.26 Å². The number of hydrogen-bond donors (Lipinski definition) is 0. The first kappa shape index (κ1) is 19.7. The summed E-state index contributed by atoms with van der Waals surface area (Å²) in [7, 11) is -3.21. The van der Waals surface area contributed by atoms with Crippen molar-refractivity contribution in [2.45, 2.75) is 25.9 Å². The molecule has 1 fully saturated rings. The molecule has 0 bridgehead atoms. The van der Waals surface area contributed by atoms with Crippen LogP contribution in [0.4, 0.5) is 5.69 Å². The maximum absolute atomic E-state index is 11.9. The van der Waals surface area contributed by atoms with Crippen LogP contribution in [0, 0.1) is 18.3 Å². The molecule has 0 aromatic heterocycles. The van der Waals surface area contributed by atoms with Gasteiger partial charge < -0.3 is 4.90 Å². The molecular weight excluding hydrogens is 382 g/mol. The highest BCUT2D eigenvalue weighted by Crippen LogP contribution is 2.30. The van der Waals surface area contributed by atoms with Crippen LogP contribution in [0.2, 0.25) is 5.02 Å². The van der Waals surface area contributed by atoms with E-state index in [-0.39, 0.29) is 6.04 Å². The van der Waals surface area contributed by atoms with Crippen LogP contribution in [0.1, 0.15) is 23.1 Å². The number of benzene rings is 2. The van der Waals surface area contributed by atoms with Gasteiger partial charge in [-0.1, -0.05) is 35.9 Å². The second-order valence-electron chi connectivity index (χ2n) is 6.89. The van der Waals surface area contributed by atoms with E-state index in [9.17, 15) is 8.42 Å². The summed E-state index contributed by atoms with van der Waals surface area (Å²) in [5, 5.41) is 9.54. The van der Waals surface area contributed by atoms with E-state index in [1.807, 2.05) is 18.2 Å². The normalized spacial score (nSPS) is 17.6. The van der Waals surface area contributed by atoms with Crippen molar-refractivity contribution in [3.8, 4) is 6.07 Å². The summed E-state index contributed by atoms with van der Waals surface area (Å²) in [6.07, 6.45) is 2.00. The fourth-order valence-electron chi connectivity index (χ4n) is 3.44. The summed E-state index contributed by atoms with van der Waals surface area (Å²) in [4.78, 5) is 2.19. The molecule has 1 aliphatic heterocycles. The molecule has 1 heterocycles. The minimum Gasteiger partial charge on any atom is -0.363 e. The molecule has 5 nitrogen and oxygen atoms in total. The average molecular weight is 404 g/mol. The van der Waals surface area contributed by atoms with E-state index < -0.39 is 10.0 Å². The van der Waals surface area contributed by atoms with Gasteiger partial charge in [0.2, 0.25) is 10.0 Å². The van der Waals surface area contributed by atoms with E-state index in [4.69, 9.17) is 16.9 Å². The fraction of sp³-hybridized carbons (Fsp3) is 0.350. The average Bonchev–Trinajstić information content (AvgIpc) is 3.11. The van der Waals surface area contributed by atoms with Gasteiger partial charge in [0, 0.05) is 31.4 Å². The Hall–Kier alpha value is -2.07. The molecular formula is C20H22ClN3O2S. The third kappa shape index (κ3) is 4.44. The zero-order valence-corrected chi connectivity index (χ0v) is 17.0. The molecule has 2 aromatic rings. The van der Waals surface area contributed by atoms with Crippen molar-refractivity contribution in [2.75, 3.05) is 24.2 Å². The Kier molecular flexibility index (Phi) is 5.75. The minimum atomic E-state index is -3.21. The Morgan fingerprint density at radius 2 is 2.04 bits per heavy atom. The molecule has 0 aliphatic carbocycles. The van der Waals surface area contributed by atoms with Gasteiger partial charge in [0.25, 0.3) is 0 Å². The Morgan fingerprint density at radius 1 is 1.30 bits per heavy atom. The third-order valence-corrected chi connectivity index (χ3v) is 6.62. The second-order valence-corrected chi connectivity index (χ2v) is 9.28. The van der Waals surface area contributed by atoms with E-state index in [2.05, 4.69) is 30.0 Å². The molecule has 142 valence electrons. The molecule has 7 heteroatoms. The Labute approximate surface area is 165 Å². The summed E-state index contributed by atoms with van der Waals surface area (Å²) in [5.41, 5.74) is 3.68. The van der Waals surface area contributed by atoms with Gasteiger partial charge in [-0.2, -0.15) is 5.26 Å². The smallest absolute Gasteiger partial charge is 0.211 e. The van der Waals surface area contributed by atoms with Crippen LogP contribution in [-0.4, -0.2) is 38.1 Å². The first-order chi connectivity index (χ1) is 12.8. The molecule has 0 N–H and O–H groups in total. The number of sulfonamides is 1. The summed E-state index contributed by atoms with van der Waals surface area (Å²) in [5.74, 6) is 0. The van der Waals surface area contributed by atoms with E-state index >= 15 is 0 Å². The highest BCUT2D eigenvalue weighted by molar-refractivity contribution is 7.88. The third-order valence-electron chi connectivity index (χ3n) is 5.04. The van der Waals surface area contributed by atoms with Gasteiger partial charge in [0.05, 0.1) is 16.8 Å². The van der Waals surface area contributed by atoms with Crippen LogP contribution in [0.25, 0.3) is 0 Å². The largest absolute Gasteiger partial charge is 0.363 e. The van der Waals surface area contributed by atoms with Gasteiger partial charge in [-0.15, -0.1) is 0 Å². The van der Waals surface area contributed by atoms with E-state index in [1.54, 1.807) is 12.1 Å². The van der Waals surface area contributed by atoms with E-state index in [1.165, 1.54) is 21.7 Å². The van der Waals surface area contributed by atoms with Crippen molar-refractivity contribution in [2.24, 2.45) is 0 Å².